The maximum atomic E-state index is 12.9. The third-order valence-corrected chi connectivity index (χ3v) is 4.04. The van der Waals surface area contributed by atoms with Crippen molar-refractivity contribution < 1.29 is 14.0 Å². The van der Waals surface area contributed by atoms with Crippen molar-refractivity contribution in [3.8, 4) is 0 Å². The first kappa shape index (κ1) is 16.7. The molecule has 0 aromatic heterocycles. The Hall–Kier alpha value is -1.66. The normalized spacial score (nSPS) is 21.7. The number of hydrogen-bond donors (Lipinski definition) is 1. The van der Waals surface area contributed by atoms with Crippen molar-refractivity contribution >= 4 is 29.9 Å². The van der Waals surface area contributed by atoms with E-state index >= 15 is 0 Å². The van der Waals surface area contributed by atoms with Gasteiger partial charge < -0.3 is 15.1 Å². The molecule has 0 aliphatic carbocycles. The molecule has 0 bridgehead atoms. The molecule has 1 atom stereocenters. The number of halogens is 2. The van der Waals surface area contributed by atoms with Gasteiger partial charge >= 0.3 is 0 Å². The highest BCUT2D eigenvalue weighted by Crippen LogP contribution is 2.26. The van der Waals surface area contributed by atoms with Crippen LogP contribution in [0.5, 0.6) is 0 Å². The van der Waals surface area contributed by atoms with Crippen LogP contribution in [0.25, 0.3) is 0 Å². The van der Waals surface area contributed by atoms with Crippen molar-refractivity contribution in [2.24, 2.45) is 5.92 Å². The summed E-state index contributed by atoms with van der Waals surface area (Å²) in [6.07, 6.45) is 0.236. The van der Waals surface area contributed by atoms with Crippen LogP contribution in [0, 0.1) is 11.7 Å². The fourth-order valence-corrected chi connectivity index (χ4v) is 2.89. The van der Waals surface area contributed by atoms with Gasteiger partial charge in [0.2, 0.25) is 11.8 Å². The van der Waals surface area contributed by atoms with Gasteiger partial charge in [0.15, 0.2) is 0 Å². The van der Waals surface area contributed by atoms with Crippen molar-refractivity contribution in [2.75, 3.05) is 37.6 Å². The number of rotatable bonds is 2. The Balaban J connectivity index is 0.00000176. The Morgan fingerprint density at radius 1 is 1.18 bits per heavy atom. The molecule has 7 heteroatoms. The summed E-state index contributed by atoms with van der Waals surface area (Å²) >= 11 is 0. The monoisotopic (exact) mass is 327 g/mol. The van der Waals surface area contributed by atoms with Crippen molar-refractivity contribution in [3.05, 3.63) is 30.1 Å². The zero-order valence-electron chi connectivity index (χ0n) is 12.1. The Kier molecular flexibility index (Phi) is 5.37. The number of piperazine rings is 1. The second-order valence-electron chi connectivity index (χ2n) is 5.46. The Bertz CT molecular complexity index is 546. The smallest absolute Gasteiger partial charge is 0.228 e. The summed E-state index contributed by atoms with van der Waals surface area (Å²) in [4.78, 5) is 27.9. The van der Waals surface area contributed by atoms with E-state index in [0.29, 0.717) is 25.3 Å². The molecule has 2 aliphatic rings. The molecule has 2 amide bonds. The number of nitrogens with zero attached hydrogens (tertiary/aromatic N) is 2. The molecule has 0 radical (unpaired) electrons. The molecule has 0 saturated carbocycles. The lowest BCUT2D eigenvalue weighted by Gasteiger charge is -2.29. The molecule has 2 heterocycles. The summed E-state index contributed by atoms with van der Waals surface area (Å²) in [6, 6.07) is 5.80. The lowest BCUT2D eigenvalue weighted by Crippen LogP contribution is -2.48. The summed E-state index contributed by atoms with van der Waals surface area (Å²) < 4.78 is 12.9. The molecule has 1 aromatic rings. The molecule has 3 rings (SSSR count). The first-order chi connectivity index (χ1) is 10.1. The van der Waals surface area contributed by atoms with Gasteiger partial charge in [0.05, 0.1) is 5.92 Å². The van der Waals surface area contributed by atoms with E-state index in [9.17, 15) is 14.0 Å². The molecule has 1 N–H and O–H groups in total. The number of benzene rings is 1. The van der Waals surface area contributed by atoms with Gasteiger partial charge in [0, 0.05) is 44.8 Å². The third-order valence-electron chi connectivity index (χ3n) is 4.04. The van der Waals surface area contributed by atoms with E-state index in [0.717, 1.165) is 13.1 Å². The largest absolute Gasteiger partial charge is 0.340 e. The minimum atomic E-state index is -0.334. The van der Waals surface area contributed by atoms with Crippen molar-refractivity contribution in [1.82, 2.24) is 10.2 Å². The van der Waals surface area contributed by atoms with Gasteiger partial charge in [-0.25, -0.2) is 4.39 Å². The van der Waals surface area contributed by atoms with Crippen LogP contribution in [-0.2, 0) is 9.59 Å². The molecule has 5 nitrogen and oxygen atoms in total. The molecule has 1 unspecified atom stereocenters. The molecular weight excluding hydrogens is 309 g/mol. The standard InChI is InChI=1S/C15H18FN3O2.ClH/c16-12-1-3-13(4-2-12)19-10-11(9-14(19)20)15(21)18-7-5-17-6-8-18;/h1-4,11,17H,5-10H2;1H. The van der Waals surface area contributed by atoms with Gasteiger partial charge in [0.25, 0.3) is 0 Å². The number of carbonyl (C=O) groups excluding carboxylic acids is 2. The predicted molar refractivity (Wildman–Crippen MR) is 83.6 cm³/mol. The van der Waals surface area contributed by atoms with Gasteiger partial charge in [-0.05, 0) is 24.3 Å². The summed E-state index contributed by atoms with van der Waals surface area (Å²) in [6.45, 7) is 3.37. The van der Waals surface area contributed by atoms with Crippen LogP contribution in [-0.4, -0.2) is 49.4 Å². The van der Waals surface area contributed by atoms with Crippen LogP contribution in [0.2, 0.25) is 0 Å². The number of nitrogens with one attached hydrogen (secondary N) is 1. The van der Waals surface area contributed by atoms with E-state index in [1.165, 1.54) is 12.1 Å². The van der Waals surface area contributed by atoms with E-state index in [4.69, 9.17) is 0 Å². The van der Waals surface area contributed by atoms with Crippen LogP contribution >= 0.6 is 12.4 Å². The zero-order valence-corrected chi connectivity index (χ0v) is 12.9. The summed E-state index contributed by atoms with van der Waals surface area (Å²) in [5.74, 6) is -0.649. The van der Waals surface area contributed by atoms with E-state index in [1.807, 2.05) is 4.90 Å². The van der Waals surface area contributed by atoms with Gasteiger partial charge in [-0.15, -0.1) is 12.4 Å². The number of amides is 2. The van der Waals surface area contributed by atoms with Crippen LogP contribution in [0.1, 0.15) is 6.42 Å². The van der Waals surface area contributed by atoms with Crippen LogP contribution in [0.4, 0.5) is 10.1 Å². The summed E-state index contributed by atoms with van der Waals surface area (Å²) in [5, 5.41) is 3.20. The van der Waals surface area contributed by atoms with E-state index in [1.54, 1.807) is 17.0 Å². The average molecular weight is 328 g/mol. The average Bonchev–Trinajstić information content (AvgIpc) is 2.90. The topological polar surface area (TPSA) is 52.7 Å². The second kappa shape index (κ2) is 7.07. The number of carbonyl (C=O) groups is 2. The van der Waals surface area contributed by atoms with Crippen molar-refractivity contribution in [1.29, 1.82) is 0 Å². The van der Waals surface area contributed by atoms with E-state index in [2.05, 4.69) is 5.32 Å². The van der Waals surface area contributed by atoms with Crippen molar-refractivity contribution in [3.63, 3.8) is 0 Å². The van der Waals surface area contributed by atoms with Gasteiger partial charge in [0.1, 0.15) is 5.82 Å². The highest BCUT2D eigenvalue weighted by molar-refractivity contribution is 6.00. The number of anilines is 1. The maximum Gasteiger partial charge on any atom is 0.228 e. The zero-order chi connectivity index (χ0) is 14.8. The lowest BCUT2D eigenvalue weighted by atomic mass is 10.1. The molecule has 22 heavy (non-hydrogen) atoms. The highest BCUT2D eigenvalue weighted by Gasteiger charge is 2.37. The predicted octanol–water partition coefficient (Wildman–Crippen LogP) is 1.03. The molecule has 1 aromatic carbocycles. The van der Waals surface area contributed by atoms with E-state index < -0.39 is 0 Å². The first-order valence-electron chi connectivity index (χ1n) is 7.20. The maximum absolute atomic E-state index is 12.9. The fraction of sp³-hybridized carbons (Fsp3) is 0.467. The lowest BCUT2D eigenvalue weighted by molar-refractivity contribution is -0.136. The van der Waals surface area contributed by atoms with Gasteiger partial charge in [-0.2, -0.15) is 0 Å². The molecular formula is C15H19ClFN3O2. The van der Waals surface area contributed by atoms with Crippen molar-refractivity contribution in [2.45, 2.75) is 6.42 Å². The first-order valence-corrected chi connectivity index (χ1v) is 7.20. The molecule has 120 valence electrons. The Morgan fingerprint density at radius 3 is 2.45 bits per heavy atom. The minimum absolute atomic E-state index is 0. The van der Waals surface area contributed by atoms with E-state index in [-0.39, 0.29) is 42.4 Å². The fourth-order valence-electron chi connectivity index (χ4n) is 2.89. The summed E-state index contributed by atoms with van der Waals surface area (Å²) in [5.41, 5.74) is 0.650. The third kappa shape index (κ3) is 3.39. The minimum Gasteiger partial charge on any atom is -0.340 e. The second-order valence-corrected chi connectivity index (χ2v) is 5.46. The van der Waals surface area contributed by atoms with Crippen LogP contribution in [0.15, 0.2) is 24.3 Å². The summed E-state index contributed by atoms with van der Waals surface area (Å²) in [7, 11) is 0. The molecule has 2 fully saturated rings. The molecule has 2 saturated heterocycles. The Labute approximate surface area is 134 Å². The SMILES string of the molecule is Cl.O=C(C1CC(=O)N(c2ccc(F)cc2)C1)N1CCNCC1. The highest BCUT2D eigenvalue weighted by atomic mass is 35.5. The van der Waals surface area contributed by atoms with Gasteiger partial charge in [-0.1, -0.05) is 0 Å². The van der Waals surface area contributed by atoms with Gasteiger partial charge in [-0.3, -0.25) is 9.59 Å². The Morgan fingerprint density at radius 2 is 1.82 bits per heavy atom. The van der Waals surface area contributed by atoms with Crippen LogP contribution < -0.4 is 10.2 Å². The number of hydrogen-bond acceptors (Lipinski definition) is 3. The molecule has 2 aliphatic heterocycles. The molecule has 0 spiro atoms. The quantitative estimate of drug-likeness (QED) is 0.883. The van der Waals surface area contributed by atoms with Crippen LogP contribution in [0.3, 0.4) is 0 Å².